The third-order valence-corrected chi connectivity index (χ3v) is 6.90. The third-order valence-electron chi connectivity index (χ3n) is 6.25. The molecule has 1 fully saturated rings. The molecule has 0 bridgehead atoms. The molecule has 0 radical (unpaired) electrons. The predicted octanol–water partition coefficient (Wildman–Crippen LogP) is 5.09. The van der Waals surface area contributed by atoms with E-state index >= 15 is 0 Å². The second-order valence-corrected chi connectivity index (χ2v) is 9.21. The van der Waals surface area contributed by atoms with Crippen LogP contribution in [0.25, 0.3) is 10.8 Å². The first-order valence-corrected chi connectivity index (χ1v) is 12.0. The van der Waals surface area contributed by atoms with Crippen molar-refractivity contribution in [2.45, 2.75) is 20.3 Å². The van der Waals surface area contributed by atoms with E-state index in [-0.39, 0.29) is 5.91 Å². The van der Waals surface area contributed by atoms with Crippen LogP contribution in [-0.4, -0.2) is 50.1 Å². The van der Waals surface area contributed by atoms with Crippen LogP contribution < -0.4 is 10.4 Å². The second-order valence-electron chi connectivity index (χ2n) is 8.36. The Hall–Kier alpha value is -2.41. The van der Waals surface area contributed by atoms with Crippen LogP contribution in [0.3, 0.4) is 0 Å². The van der Waals surface area contributed by atoms with E-state index in [0.717, 1.165) is 54.4 Å². The zero-order valence-corrected chi connectivity index (χ0v) is 20.3. The molecule has 0 aromatic heterocycles. The summed E-state index contributed by atoms with van der Waals surface area (Å²) in [5.74, 6) is -0.224. The highest BCUT2D eigenvalue weighted by Crippen LogP contribution is 2.26. The van der Waals surface area contributed by atoms with Gasteiger partial charge in [0, 0.05) is 48.4 Å². The number of carbonyl (C=O) groups is 1. The van der Waals surface area contributed by atoms with Gasteiger partial charge >= 0.3 is 0 Å². The van der Waals surface area contributed by atoms with Crippen LogP contribution in [0.1, 0.15) is 27.9 Å². The standard InChI is InChI=1S/C26H30BrN3O2/c1-19-7-5-10-25(20(19)2)30-14-12-29(13-15-30)11-6-16-32-28-26(31)22-17-21-8-3-4-9-23(21)24(27)18-22/h3-5,7-10,17-18H,6,11-16H2,1-2H3,(H,28,31). The number of hydroxylamine groups is 1. The molecule has 1 saturated heterocycles. The molecule has 1 amide bonds. The molecule has 4 rings (SSSR count). The molecule has 0 saturated carbocycles. The predicted molar refractivity (Wildman–Crippen MR) is 134 cm³/mol. The molecular weight excluding hydrogens is 466 g/mol. The minimum Gasteiger partial charge on any atom is -0.369 e. The van der Waals surface area contributed by atoms with E-state index in [4.69, 9.17) is 4.84 Å². The van der Waals surface area contributed by atoms with Crippen molar-refractivity contribution in [2.75, 3.05) is 44.2 Å². The number of piperazine rings is 1. The Morgan fingerprint density at radius 2 is 1.81 bits per heavy atom. The highest BCUT2D eigenvalue weighted by atomic mass is 79.9. The lowest BCUT2D eigenvalue weighted by molar-refractivity contribution is 0.0276. The number of rotatable bonds is 7. The Bertz CT molecular complexity index is 1090. The molecule has 168 valence electrons. The molecule has 0 atom stereocenters. The molecule has 0 aliphatic carbocycles. The van der Waals surface area contributed by atoms with Crippen LogP contribution in [0.15, 0.2) is 59.1 Å². The molecule has 3 aromatic carbocycles. The topological polar surface area (TPSA) is 44.8 Å². The number of aryl methyl sites for hydroxylation is 1. The van der Waals surface area contributed by atoms with Crippen molar-refractivity contribution < 1.29 is 9.63 Å². The molecule has 1 aliphatic heterocycles. The lowest BCUT2D eigenvalue weighted by Gasteiger charge is -2.37. The van der Waals surface area contributed by atoms with Crippen LogP contribution in [0.5, 0.6) is 0 Å². The van der Waals surface area contributed by atoms with E-state index in [1.165, 1.54) is 16.8 Å². The maximum atomic E-state index is 12.5. The number of nitrogens with zero attached hydrogens (tertiary/aromatic N) is 2. The zero-order valence-electron chi connectivity index (χ0n) is 18.7. The molecule has 6 heteroatoms. The van der Waals surface area contributed by atoms with Crippen molar-refractivity contribution in [3.63, 3.8) is 0 Å². The first-order chi connectivity index (χ1) is 15.5. The van der Waals surface area contributed by atoms with Crippen LogP contribution >= 0.6 is 15.9 Å². The summed E-state index contributed by atoms with van der Waals surface area (Å²) in [6, 6.07) is 18.2. The minimum atomic E-state index is -0.224. The van der Waals surface area contributed by atoms with Gasteiger partial charge in [-0.1, -0.05) is 52.3 Å². The molecule has 1 aliphatic rings. The van der Waals surface area contributed by atoms with E-state index in [9.17, 15) is 4.79 Å². The lowest BCUT2D eigenvalue weighted by Crippen LogP contribution is -2.47. The van der Waals surface area contributed by atoms with Crippen LogP contribution in [0.2, 0.25) is 0 Å². The van der Waals surface area contributed by atoms with Crippen molar-refractivity contribution in [3.8, 4) is 0 Å². The zero-order chi connectivity index (χ0) is 22.5. The Balaban J connectivity index is 1.18. The highest BCUT2D eigenvalue weighted by Gasteiger charge is 2.18. The summed E-state index contributed by atoms with van der Waals surface area (Å²) in [7, 11) is 0. The van der Waals surface area contributed by atoms with Gasteiger partial charge in [0.15, 0.2) is 0 Å². The average Bonchev–Trinajstić information content (AvgIpc) is 2.81. The van der Waals surface area contributed by atoms with E-state index in [2.05, 4.69) is 63.3 Å². The SMILES string of the molecule is Cc1cccc(N2CCN(CCCONC(=O)c3cc(Br)c4ccccc4c3)CC2)c1C. The summed E-state index contributed by atoms with van der Waals surface area (Å²) in [5, 5.41) is 2.11. The molecule has 3 aromatic rings. The second kappa shape index (κ2) is 10.5. The van der Waals surface area contributed by atoms with Crippen molar-refractivity contribution in [1.29, 1.82) is 0 Å². The molecule has 32 heavy (non-hydrogen) atoms. The summed E-state index contributed by atoms with van der Waals surface area (Å²) in [6.45, 7) is 10.0. The molecule has 5 nitrogen and oxygen atoms in total. The number of halogens is 1. The van der Waals surface area contributed by atoms with Crippen LogP contribution in [0, 0.1) is 13.8 Å². The van der Waals surface area contributed by atoms with E-state index in [0.29, 0.717) is 12.2 Å². The van der Waals surface area contributed by atoms with E-state index < -0.39 is 0 Å². The van der Waals surface area contributed by atoms with E-state index in [1.54, 1.807) is 0 Å². The maximum absolute atomic E-state index is 12.5. The number of carbonyl (C=O) groups excluding carboxylic acids is 1. The van der Waals surface area contributed by atoms with Crippen molar-refractivity contribution in [3.05, 3.63) is 75.8 Å². The van der Waals surface area contributed by atoms with Gasteiger partial charge in [0.2, 0.25) is 0 Å². The van der Waals surface area contributed by atoms with Gasteiger partial charge in [-0.05, 0) is 60.4 Å². The smallest absolute Gasteiger partial charge is 0.274 e. The molecule has 0 unspecified atom stereocenters. The number of benzene rings is 3. The van der Waals surface area contributed by atoms with Gasteiger partial charge in [-0.2, -0.15) is 0 Å². The summed E-state index contributed by atoms with van der Waals surface area (Å²) < 4.78 is 0.903. The van der Waals surface area contributed by atoms with Gasteiger partial charge < -0.3 is 4.90 Å². The quantitative estimate of drug-likeness (QED) is 0.366. The van der Waals surface area contributed by atoms with Gasteiger partial charge in [-0.3, -0.25) is 14.5 Å². The van der Waals surface area contributed by atoms with Crippen molar-refractivity contribution in [1.82, 2.24) is 10.4 Å². The monoisotopic (exact) mass is 495 g/mol. The van der Waals surface area contributed by atoms with Gasteiger partial charge in [0.1, 0.15) is 0 Å². The fourth-order valence-corrected chi connectivity index (χ4v) is 4.83. The van der Waals surface area contributed by atoms with Gasteiger partial charge in [0.25, 0.3) is 5.91 Å². The number of anilines is 1. The average molecular weight is 496 g/mol. The first-order valence-electron chi connectivity index (χ1n) is 11.2. The highest BCUT2D eigenvalue weighted by molar-refractivity contribution is 9.10. The molecule has 0 spiro atoms. The van der Waals surface area contributed by atoms with Crippen molar-refractivity contribution in [2.24, 2.45) is 0 Å². The van der Waals surface area contributed by atoms with Gasteiger partial charge in [-0.25, -0.2) is 5.48 Å². The number of hydrogen-bond donors (Lipinski definition) is 1. The number of hydrogen-bond acceptors (Lipinski definition) is 4. The van der Waals surface area contributed by atoms with Gasteiger partial charge in [0.05, 0.1) is 6.61 Å². The maximum Gasteiger partial charge on any atom is 0.274 e. The van der Waals surface area contributed by atoms with Gasteiger partial charge in [-0.15, -0.1) is 0 Å². The number of nitrogens with one attached hydrogen (secondary N) is 1. The minimum absolute atomic E-state index is 0.224. The molecule has 1 N–H and O–H groups in total. The Morgan fingerprint density at radius 3 is 2.62 bits per heavy atom. The normalized spacial score (nSPS) is 14.7. The van der Waals surface area contributed by atoms with Crippen molar-refractivity contribution >= 4 is 38.3 Å². The fraction of sp³-hybridized carbons (Fsp3) is 0.346. The Labute approximate surface area is 198 Å². The summed E-state index contributed by atoms with van der Waals surface area (Å²) in [5.41, 5.74) is 7.25. The number of amides is 1. The summed E-state index contributed by atoms with van der Waals surface area (Å²) >= 11 is 3.55. The largest absolute Gasteiger partial charge is 0.369 e. The molecular formula is C26H30BrN3O2. The summed E-state index contributed by atoms with van der Waals surface area (Å²) in [6.07, 6.45) is 0.880. The fourth-order valence-electron chi connectivity index (χ4n) is 4.22. The number of fused-ring (bicyclic) bond motifs is 1. The van der Waals surface area contributed by atoms with Crippen LogP contribution in [-0.2, 0) is 4.84 Å². The van der Waals surface area contributed by atoms with Crippen LogP contribution in [0.4, 0.5) is 5.69 Å². The molecule has 1 heterocycles. The lowest BCUT2D eigenvalue weighted by atomic mass is 10.1. The van der Waals surface area contributed by atoms with E-state index in [1.807, 2.05) is 36.4 Å². The third kappa shape index (κ3) is 5.31. The first kappa shape index (κ1) is 22.8. The summed E-state index contributed by atoms with van der Waals surface area (Å²) in [4.78, 5) is 22.9. The Kier molecular flexibility index (Phi) is 7.45. The Morgan fingerprint density at radius 1 is 1.03 bits per heavy atom.